The summed E-state index contributed by atoms with van der Waals surface area (Å²) < 4.78 is 5.62. The average Bonchev–Trinajstić information content (AvgIpc) is 3.31. The lowest BCUT2D eigenvalue weighted by Gasteiger charge is -2.33. The standard InChI is InChI=1S/C24H31N7O/c1-3-25-24(28-17-21-18-32-23(29-21)20-7-5-4-6-8-20)27-16-19-9-10-26-22(15-19)31-13-11-30(2)12-14-31/h4-10,15,18H,3,11-14,16-17H2,1-2H3,(H2,25,27,28). The van der Waals surface area contributed by atoms with E-state index < -0.39 is 0 Å². The van der Waals surface area contributed by atoms with Crippen LogP contribution in [0.4, 0.5) is 5.82 Å². The van der Waals surface area contributed by atoms with Crippen LogP contribution in [-0.4, -0.2) is 60.6 Å². The zero-order valence-electron chi connectivity index (χ0n) is 18.8. The number of guanidine groups is 1. The number of aliphatic imine (C=N–C) groups is 1. The van der Waals surface area contributed by atoms with E-state index in [2.05, 4.69) is 50.4 Å². The van der Waals surface area contributed by atoms with Crippen LogP contribution in [0.1, 0.15) is 18.2 Å². The number of likely N-dealkylation sites (N-methyl/N-ethyl adjacent to an activating group) is 1. The third kappa shape index (κ3) is 5.85. The summed E-state index contributed by atoms with van der Waals surface area (Å²) in [6.07, 6.45) is 3.56. The molecule has 0 amide bonds. The average molecular weight is 434 g/mol. The molecule has 8 nitrogen and oxygen atoms in total. The van der Waals surface area contributed by atoms with Crippen molar-refractivity contribution in [3.05, 3.63) is 66.2 Å². The van der Waals surface area contributed by atoms with Crippen molar-refractivity contribution in [1.29, 1.82) is 0 Å². The maximum Gasteiger partial charge on any atom is 0.226 e. The molecule has 1 aromatic carbocycles. The molecule has 32 heavy (non-hydrogen) atoms. The molecule has 0 bridgehead atoms. The zero-order chi connectivity index (χ0) is 22.2. The smallest absolute Gasteiger partial charge is 0.226 e. The number of oxazole rings is 1. The minimum atomic E-state index is 0.533. The molecule has 2 aromatic heterocycles. The molecule has 1 aliphatic heterocycles. The Morgan fingerprint density at radius 1 is 1.09 bits per heavy atom. The van der Waals surface area contributed by atoms with Crippen molar-refractivity contribution < 1.29 is 4.42 Å². The Balaban J connectivity index is 1.36. The van der Waals surface area contributed by atoms with E-state index in [0.29, 0.717) is 19.0 Å². The number of piperazine rings is 1. The predicted octanol–water partition coefficient (Wildman–Crippen LogP) is 2.74. The van der Waals surface area contributed by atoms with Crippen LogP contribution in [0, 0.1) is 0 Å². The van der Waals surface area contributed by atoms with Crippen molar-refractivity contribution in [3.63, 3.8) is 0 Å². The lowest BCUT2D eigenvalue weighted by molar-refractivity contribution is 0.312. The largest absolute Gasteiger partial charge is 0.444 e. The summed E-state index contributed by atoms with van der Waals surface area (Å²) in [4.78, 5) is 18.6. The van der Waals surface area contributed by atoms with Crippen molar-refractivity contribution in [1.82, 2.24) is 25.5 Å². The van der Waals surface area contributed by atoms with Gasteiger partial charge in [-0.3, -0.25) is 0 Å². The first-order valence-corrected chi connectivity index (χ1v) is 11.1. The van der Waals surface area contributed by atoms with Gasteiger partial charge < -0.3 is 24.9 Å². The Labute approximate surface area is 189 Å². The molecule has 3 aromatic rings. The van der Waals surface area contributed by atoms with Gasteiger partial charge in [0.2, 0.25) is 5.89 Å². The Hall–Kier alpha value is -3.39. The van der Waals surface area contributed by atoms with Crippen molar-refractivity contribution >= 4 is 11.8 Å². The van der Waals surface area contributed by atoms with Gasteiger partial charge in [-0.2, -0.15) is 0 Å². The summed E-state index contributed by atoms with van der Waals surface area (Å²) in [5.74, 6) is 2.40. The molecule has 1 aliphatic rings. The van der Waals surface area contributed by atoms with Crippen LogP contribution in [0.2, 0.25) is 0 Å². The fourth-order valence-corrected chi connectivity index (χ4v) is 3.56. The van der Waals surface area contributed by atoms with Crippen molar-refractivity contribution in [2.75, 3.05) is 44.7 Å². The first-order valence-electron chi connectivity index (χ1n) is 11.1. The molecule has 0 saturated carbocycles. The lowest BCUT2D eigenvalue weighted by Crippen LogP contribution is -2.44. The molecule has 0 spiro atoms. The van der Waals surface area contributed by atoms with Crippen LogP contribution < -0.4 is 15.5 Å². The van der Waals surface area contributed by atoms with Crippen LogP contribution >= 0.6 is 0 Å². The van der Waals surface area contributed by atoms with E-state index in [0.717, 1.165) is 61.3 Å². The third-order valence-electron chi connectivity index (χ3n) is 5.41. The van der Waals surface area contributed by atoms with Crippen LogP contribution in [0.3, 0.4) is 0 Å². The highest BCUT2D eigenvalue weighted by Crippen LogP contribution is 2.18. The first kappa shape index (κ1) is 21.8. The number of nitrogens with one attached hydrogen (secondary N) is 2. The molecule has 0 unspecified atom stereocenters. The van der Waals surface area contributed by atoms with Gasteiger partial charge in [0.15, 0.2) is 5.96 Å². The number of rotatable bonds is 7. The van der Waals surface area contributed by atoms with E-state index in [9.17, 15) is 0 Å². The summed E-state index contributed by atoms with van der Waals surface area (Å²) in [6.45, 7) is 8.07. The Kier molecular flexibility index (Phi) is 7.34. The number of nitrogens with zero attached hydrogens (tertiary/aromatic N) is 5. The van der Waals surface area contributed by atoms with Gasteiger partial charge in [-0.25, -0.2) is 15.0 Å². The van der Waals surface area contributed by atoms with E-state index in [1.807, 2.05) is 42.6 Å². The molecule has 2 N–H and O–H groups in total. The molecule has 3 heterocycles. The van der Waals surface area contributed by atoms with E-state index in [4.69, 9.17) is 9.41 Å². The number of hydrogen-bond acceptors (Lipinski definition) is 6. The molecule has 1 fully saturated rings. The number of pyridine rings is 1. The maximum absolute atomic E-state index is 5.62. The number of anilines is 1. The Bertz CT molecular complexity index is 1010. The van der Waals surface area contributed by atoms with Gasteiger partial charge in [-0.05, 0) is 43.8 Å². The fourth-order valence-electron chi connectivity index (χ4n) is 3.56. The van der Waals surface area contributed by atoms with Crippen LogP contribution in [-0.2, 0) is 13.1 Å². The van der Waals surface area contributed by atoms with Crippen LogP contribution in [0.5, 0.6) is 0 Å². The molecular formula is C24H31N7O. The Morgan fingerprint density at radius 2 is 1.91 bits per heavy atom. The number of hydrogen-bond donors (Lipinski definition) is 2. The van der Waals surface area contributed by atoms with Gasteiger partial charge in [-0.1, -0.05) is 18.2 Å². The van der Waals surface area contributed by atoms with Crippen molar-refractivity contribution in [2.45, 2.75) is 20.0 Å². The van der Waals surface area contributed by atoms with Gasteiger partial charge in [0, 0.05) is 44.5 Å². The molecule has 0 aliphatic carbocycles. The lowest BCUT2D eigenvalue weighted by atomic mass is 10.2. The highest BCUT2D eigenvalue weighted by molar-refractivity contribution is 5.79. The number of benzene rings is 1. The van der Waals surface area contributed by atoms with E-state index in [1.54, 1.807) is 6.26 Å². The fraction of sp³-hybridized carbons (Fsp3) is 0.375. The van der Waals surface area contributed by atoms with Crippen molar-refractivity contribution in [2.24, 2.45) is 4.99 Å². The molecule has 168 valence electrons. The maximum atomic E-state index is 5.62. The topological polar surface area (TPSA) is 81.8 Å². The van der Waals surface area contributed by atoms with E-state index >= 15 is 0 Å². The Morgan fingerprint density at radius 3 is 2.69 bits per heavy atom. The quantitative estimate of drug-likeness (QED) is 0.438. The van der Waals surface area contributed by atoms with Crippen LogP contribution in [0.15, 0.2) is 64.3 Å². The van der Waals surface area contributed by atoms with Crippen molar-refractivity contribution in [3.8, 4) is 11.5 Å². The van der Waals surface area contributed by atoms with Gasteiger partial charge in [0.25, 0.3) is 0 Å². The van der Waals surface area contributed by atoms with Crippen LogP contribution in [0.25, 0.3) is 11.5 Å². The molecule has 8 heteroatoms. The molecule has 0 atom stereocenters. The second kappa shape index (κ2) is 10.8. The summed E-state index contributed by atoms with van der Waals surface area (Å²) in [5.41, 5.74) is 2.93. The van der Waals surface area contributed by atoms with Gasteiger partial charge in [-0.15, -0.1) is 0 Å². The highest BCUT2D eigenvalue weighted by Gasteiger charge is 2.15. The summed E-state index contributed by atoms with van der Waals surface area (Å²) in [5, 5.41) is 6.63. The second-order valence-corrected chi connectivity index (χ2v) is 7.87. The zero-order valence-corrected chi connectivity index (χ0v) is 18.8. The van der Waals surface area contributed by atoms with Gasteiger partial charge in [0.1, 0.15) is 12.1 Å². The third-order valence-corrected chi connectivity index (χ3v) is 5.41. The molecular weight excluding hydrogens is 402 g/mol. The minimum absolute atomic E-state index is 0.533. The first-order chi connectivity index (χ1) is 15.7. The molecule has 1 saturated heterocycles. The highest BCUT2D eigenvalue weighted by atomic mass is 16.3. The van der Waals surface area contributed by atoms with E-state index in [-0.39, 0.29) is 0 Å². The minimum Gasteiger partial charge on any atom is -0.444 e. The second-order valence-electron chi connectivity index (χ2n) is 7.87. The monoisotopic (exact) mass is 433 g/mol. The summed E-state index contributed by atoms with van der Waals surface area (Å²) in [7, 11) is 2.16. The predicted molar refractivity (Wildman–Crippen MR) is 128 cm³/mol. The van der Waals surface area contributed by atoms with Gasteiger partial charge in [0.05, 0.1) is 18.8 Å². The molecule has 4 rings (SSSR count). The molecule has 0 radical (unpaired) electrons. The normalized spacial score (nSPS) is 15.1. The van der Waals surface area contributed by atoms with Gasteiger partial charge >= 0.3 is 0 Å². The SMILES string of the molecule is CCNC(=NCc1ccnc(N2CCN(C)CC2)c1)NCc1coc(-c2ccccc2)n1. The summed E-state index contributed by atoms with van der Waals surface area (Å²) in [6, 6.07) is 14.1. The van der Waals surface area contributed by atoms with E-state index in [1.165, 1.54) is 0 Å². The summed E-state index contributed by atoms with van der Waals surface area (Å²) >= 11 is 0. The number of aromatic nitrogens is 2.